The molecule has 0 spiro atoms. The van der Waals surface area contributed by atoms with E-state index in [9.17, 15) is 5.11 Å². The zero-order valence-corrected chi connectivity index (χ0v) is 13.0. The van der Waals surface area contributed by atoms with Gasteiger partial charge in [0.2, 0.25) is 0 Å². The van der Waals surface area contributed by atoms with Gasteiger partial charge in [0.1, 0.15) is 0 Å². The van der Waals surface area contributed by atoms with Gasteiger partial charge in [0.05, 0.1) is 6.10 Å². The van der Waals surface area contributed by atoms with E-state index in [1.54, 1.807) is 0 Å². The zero-order chi connectivity index (χ0) is 14.9. The summed E-state index contributed by atoms with van der Waals surface area (Å²) >= 11 is 0. The van der Waals surface area contributed by atoms with Crippen LogP contribution in [0.4, 0.5) is 0 Å². The van der Waals surface area contributed by atoms with E-state index in [2.05, 4.69) is 61.2 Å². The zero-order valence-electron chi connectivity index (χ0n) is 13.0. The van der Waals surface area contributed by atoms with Gasteiger partial charge in [-0.05, 0) is 56.1 Å². The van der Waals surface area contributed by atoms with Crippen molar-refractivity contribution >= 4 is 10.8 Å². The normalized spacial score (nSPS) is 18.2. The molecule has 1 aliphatic heterocycles. The SMILES string of the molecule is CC(C)(C(O)Cc1cccc2ccccc12)N1CCCC1. The van der Waals surface area contributed by atoms with Gasteiger partial charge in [-0.15, -0.1) is 0 Å². The summed E-state index contributed by atoms with van der Waals surface area (Å²) in [6.07, 6.45) is 2.88. The number of hydrogen-bond acceptors (Lipinski definition) is 2. The van der Waals surface area contributed by atoms with E-state index in [0.717, 1.165) is 13.1 Å². The lowest BCUT2D eigenvalue weighted by Crippen LogP contribution is -2.51. The number of nitrogens with zero attached hydrogens (tertiary/aromatic N) is 1. The topological polar surface area (TPSA) is 23.5 Å². The van der Waals surface area contributed by atoms with Crippen molar-refractivity contribution in [2.45, 2.75) is 44.8 Å². The number of likely N-dealkylation sites (tertiary alicyclic amines) is 1. The first kappa shape index (κ1) is 14.6. The van der Waals surface area contributed by atoms with Crippen molar-refractivity contribution in [2.24, 2.45) is 0 Å². The van der Waals surface area contributed by atoms with Gasteiger partial charge in [-0.3, -0.25) is 4.90 Å². The highest BCUT2D eigenvalue weighted by Gasteiger charge is 2.35. The Kier molecular flexibility index (Phi) is 4.01. The van der Waals surface area contributed by atoms with Crippen LogP contribution < -0.4 is 0 Å². The number of hydrogen-bond donors (Lipinski definition) is 1. The molecular formula is C19H25NO. The second kappa shape index (κ2) is 5.78. The quantitative estimate of drug-likeness (QED) is 0.926. The maximum Gasteiger partial charge on any atom is 0.0758 e. The molecule has 1 aliphatic rings. The summed E-state index contributed by atoms with van der Waals surface area (Å²) in [7, 11) is 0. The maximum absolute atomic E-state index is 10.8. The number of aliphatic hydroxyl groups is 1. The molecule has 0 saturated carbocycles. The molecule has 2 aromatic rings. The van der Waals surface area contributed by atoms with Crippen LogP contribution in [0, 0.1) is 0 Å². The number of fused-ring (bicyclic) bond motifs is 1. The fourth-order valence-corrected chi connectivity index (χ4v) is 3.43. The molecule has 2 aromatic carbocycles. The van der Waals surface area contributed by atoms with Crippen LogP contribution in [0.25, 0.3) is 10.8 Å². The molecule has 112 valence electrons. The fourth-order valence-electron chi connectivity index (χ4n) is 3.43. The average Bonchev–Trinajstić information content (AvgIpc) is 3.02. The minimum atomic E-state index is -0.346. The van der Waals surface area contributed by atoms with Crippen LogP contribution in [0.1, 0.15) is 32.3 Å². The van der Waals surface area contributed by atoms with Crippen molar-refractivity contribution in [1.82, 2.24) is 4.90 Å². The molecule has 0 amide bonds. The highest BCUT2D eigenvalue weighted by atomic mass is 16.3. The molecule has 3 rings (SSSR count). The molecule has 2 heteroatoms. The first-order valence-corrected chi connectivity index (χ1v) is 7.99. The molecule has 1 unspecified atom stereocenters. The van der Waals surface area contributed by atoms with Crippen molar-refractivity contribution < 1.29 is 5.11 Å². The van der Waals surface area contributed by atoms with Gasteiger partial charge in [0, 0.05) is 12.0 Å². The number of rotatable bonds is 4. The Labute approximate surface area is 127 Å². The van der Waals surface area contributed by atoms with Gasteiger partial charge in [-0.2, -0.15) is 0 Å². The Morgan fingerprint density at radius 1 is 1.05 bits per heavy atom. The maximum atomic E-state index is 10.8. The minimum absolute atomic E-state index is 0.159. The van der Waals surface area contributed by atoms with Gasteiger partial charge in [0.25, 0.3) is 0 Å². The van der Waals surface area contributed by atoms with Crippen LogP contribution >= 0.6 is 0 Å². The lowest BCUT2D eigenvalue weighted by Gasteiger charge is -2.39. The molecule has 21 heavy (non-hydrogen) atoms. The summed E-state index contributed by atoms with van der Waals surface area (Å²) in [5.74, 6) is 0. The van der Waals surface area contributed by atoms with E-state index in [0.29, 0.717) is 6.42 Å². The summed E-state index contributed by atoms with van der Waals surface area (Å²) in [5, 5.41) is 13.3. The molecule has 1 N–H and O–H groups in total. The monoisotopic (exact) mass is 283 g/mol. The Morgan fingerprint density at radius 2 is 1.71 bits per heavy atom. The van der Waals surface area contributed by atoms with Gasteiger partial charge in [-0.25, -0.2) is 0 Å². The van der Waals surface area contributed by atoms with Gasteiger partial charge in [0.15, 0.2) is 0 Å². The highest BCUT2D eigenvalue weighted by Crippen LogP contribution is 2.28. The van der Waals surface area contributed by atoms with Crippen LogP contribution in [0.15, 0.2) is 42.5 Å². The molecule has 0 aromatic heterocycles. The minimum Gasteiger partial charge on any atom is -0.391 e. The van der Waals surface area contributed by atoms with Crippen LogP contribution in [-0.2, 0) is 6.42 Å². The van der Waals surface area contributed by atoms with Crippen molar-refractivity contribution in [1.29, 1.82) is 0 Å². The van der Waals surface area contributed by atoms with E-state index in [1.807, 2.05) is 0 Å². The first-order valence-electron chi connectivity index (χ1n) is 7.99. The second-order valence-electron chi connectivity index (χ2n) is 6.71. The van der Waals surface area contributed by atoms with Crippen molar-refractivity contribution in [3.63, 3.8) is 0 Å². The third-order valence-corrected chi connectivity index (χ3v) is 5.03. The molecule has 0 radical (unpaired) electrons. The standard InChI is InChI=1S/C19H25NO/c1-19(2,20-12-5-6-13-20)18(21)14-16-10-7-9-15-8-3-4-11-17(15)16/h3-4,7-11,18,21H,5-6,12-14H2,1-2H3. The summed E-state index contributed by atoms with van der Waals surface area (Å²) < 4.78 is 0. The Hall–Kier alpha value is -1.38. The van der Waals surface area contributed by atoms with Gasteiger partial charge in [-0.1, -0.05) is 42.5 Å². The third kappa shape index (κ3) is 2.83. The number of benzene rings is 2. The molecule has 0 aliphatic carbocycles. The van der Waals surface area contributed by atoms with Crippen LogP contribution in [0.5, 0.6) is 0 Å². The summed E-state index contributed by atoms with van der Waals surface area (Å²) in [6.45, 7) is 6.57. The molecule has 0 bridgehead atoms. The predicted molar refractivity (Wildman–Crippen MR) is 88.5 cm³/mol. The molecule has 2 nitrogen and oxygen atoms in total. The predicted octanol–water partition coefficient (Wildman–Crippen LogP) is 3.62. The van der Waals surface area contributed by atoms with Gasteiger partial charge >= 0.3 is 0 Å². The Balaban J connectivity index is 1.84. The van der Waals surface area contributed by atoms with E-state index in [-0.39, 0.29) is 11.6 Å². The second-order valence-corrected chi connectivity index (χ2v) is 6.71. The third-order valence-electron chi connectivity index (χ3n) is 5.03. The lowest BCUT2D eigenvalue weighted by atomic mass is 9.88. The molecule has 1 heterocycles. The molecule has 1 atom stereocenters. The smallest absolute Gasteiger partial charge is 0.0758 e. The summed E-state index contributed by atoms with van der Waals surface area (Å²) in [6, 6.07) is 14.8. The van der Waals surface area contributed by atoms with E-state index in [4.69, 9.17) is 0 Å². The van der Waals surface area contributed by atoms with Crippen LogP contribution in [0.2, 0.25) is 0 Å². The van der Waals surface area contributed by atoms with Crippen LogP contribution in [-0.4, -0.2) is 34.7 Å². The van der Waals surface area contributed by atoms with Gasteiger partial charge < -0.3 is 5.11 Å². The van der Waals surface area contributed by atoms with E-state index in [1.165, 1.54) is 29.2 Å². The van der Waals surface area contributed by atoms with E-state index < -0.39 is 0 Å². The molecule has 1 saturated heterocycles. The van der Waals surface area contributed by atoms with Crippen molar-refractivity contribution in [3.8, 4) is 0 Å². The number of aliphatic hydroxyl groups excluding tert-OH is 1. The Bertz CT molecular complexity index is 608. The fraction of sp³-hybridized carbons (Fsp3) is 0.474. The highest BCUT2D eigenvalue weighted by molar-refractivity contribution is 5.85. The lowest BCUT2D eigenvalue weighted by molar-refractivity contribution is 0.00355. The van der Waals surface area contributed by atoms with Crippen molar-refractivity contribution in [3.05, 3.63) is 48.0 Å². The van der Waals surface area contributed by atoms with Crippen molar-refractivity contribution in [2.75, 3.05) is 13.1 Å². The average molecular weight is 283 g/mol. The Morgan fingerprint density at radius 3 is 2.48 bits per heavy atom. The largest absolute Gasteiger partial charge is 0.391 e. The van der Waals surface area contributed by atoms with Crippen LogP contribution in [0.3, 0.4) is 0 Å². The molecular weight excluding hydrogens is 258 g/mol. The molecule has 1 fully saturated rings. The first-order chi connectivity index (χ1) is 10.1. The van der Waals surface area contributed by atoms with E-state index >= 15 is 0 Å². The summed E-state index contributed by atoms with van der Waals surface area (Å²) in [5.41, 5.74) is 1.08. The summed E-state index contributed by atoms with van der Waals surface area (Å²) in [4.78, 5) is 2.43.